The van der Waals surface area contributed by atoms with Crippen LogP contribution < -0.4 is 5.32 Å². The van der Waals surface area contributed by atoms with Gasteiger partial charge in [0.1, 0.15) is 0 Å². The largest absolute Gasteiger partial charge is 0.351 e. The summed E-state index contributed by atoms with van der Waals surface area (Å²) in [4.78, 5) is 11.6. The molecule has 0 saturated heterocycles. The van der Waals surface area contributed by atoms with Gasteiger partial charge in [0.15, 0.2) is 0 Å². The van der Waals surface area contributed by atoms with E-state index in [0.717, 1.165) is 9.99 Å². The second kappa shape index (κ2) is 5.56. The highest BCUT2D eigenvalue weighted by Crippen LogP contribution is 2.14. The topological polar surface area (TPSA) is 29.1 Å². The lowest BCUT2D eigenvalue weighted by Gasteiger charge is -2.06. The van der Waals surface area contributed by atoms with Crippen LogP contribution in [-0.2, 0) is 0 Å². The van der Waals surface area contributed by atoms with Crippen LogP contribution in [0.1, 0.15) is 15.9 Å². The van der Waals surface area contributed by atoms with Crippen molar-refractivity contribution in [1.82, 2.24) is 5.32 Å². The second-order valence-corrected chi connectivity index (χ2v) is 4.42. The van der Waals surface area contributed by atoms with E-state index in [1.165, 1.54) is 0 Å². The first-order valence-corrected chi connectivity index (χ1v) is 6.16. The molecule has 0 heterocycles. The number of halogens is 2. The van der Waals surface area contributed by atoms with E-state index >= 15 is 0 Å². The maximum atomic E-state index is 11.6. The van der Waals surface area contributed by atoms with Crippen molar-refractivity contribution in [3.8, 4) is 0 Å². The minimum absolute atomic E-state index is 0.0316. The summed E-state index contributed by atoms with van der Waals surface area (Å²) in [7, 11) is 0. The third kappa shape index (κ3) is 3.13. The molecular formula is C10H11ClINO. The molecule has 76 valence electrons. The minimum atomic E-state index is -0.0316. The molecule has 0 aromatic heterocycles. The number of benzene rings is 1. The minimum Gasteiger partial charge on any atom is -0.351 e. The van der Waals surface area contributed by atoms with Gasteiger partial charge in [-0.3, -0.25) is 4.79 Å². The molecule has 4 heteroatoms. The van der Waals surface area contributed by atoms with Crippen LogP contribution in [0.5, 0.6) is 0 Å². The van der Waals surface area contributed by atoms with Crippen molar-refractivity contribution < 1.29 is 4.79 Å². The Labute approximate surface area is 102 Å². The lowest BCUT2D eigenvalue weighted by molar-refractivity contribution is 0.0956. The average molecular weight is 324 g/mol. The average Bonchev–Trinajstić information content (AvgIpc) is 2.14. The van der Waals surface area contributed by atoms with Crippen LogP contribution in [0.15, 0.2) is 18.2 Å². The maximum Gasteiger partial charge on any atom is 0.251 e. The molecule has 0 aliphatic heterocycles. The summed E-state index contributed by atoms with van der Waals surface area (Å²) in [5.41, 5.74) is 1.60. The summed E-state index contributed by atoms with van der Waals surface area (Å²) in [6.45, 7) is 2.58. The Morgan fingerprint density at radius 2 is 2.29 bits per heavy atom. The molecule has 0 spiro atoms. The summed E-state index contributed by atoms with van der Waals surface area (Å²) in [5, 5.41) is 3.48. The van der Waals surface area contributed by atoms with Gasteiger partial charge in [-0.1, -0.05) is 34.2 Å². The fraction of sp³-hybridized carbons (Fsp3) is 0.300. The zero-order valence-electron chi connectivity index (χ0n) is 7.81. The Morgan fingerprint density at radius 1 is 1.57 bits per heavy atom. The number of amides is 1. The summed E-state index contributed by atoms with van der Waals surface area (Å²) < 4.78 is 0.913. The summed E-state index contributed by atoms with van der Waals surface area (Å²) in [6.07, 6.45) is 0. The van der Waals surface area contributed by atoms with E-state index in [-0.39, 0.29) is 5.91 Å². The lowest BCUT2D eigenvalue weighted by atomic mass is 10.1. The Hall–Kier alpha value is -0.290. The third-order valence-corrected chi connectivity index (χ3v) is 2.59. The van der Waals surface area contributed by atoms with Gasteiger partial charge in [0.05, 0.1) is 0 Å². The maximum absolute atomic E-state index is 11.6. The van der Waals surface area contributed by atoms with E-state index in [1.54, 1.807) is 18.2 Å². The number of carbonyl (C=O) groups excluding carboxylic acids is 1. The van der Waals surface area contributed by atoms with Crippen molar-refractivity contribution in [1.29, 1.82) is 0 Å². The smallest absolute Gasteiger partial charge is 0.251 e. The van der Waals surface area contributed by atoms with Gasteiger partial charge in [-0.05, 0) is 30.7 Å². The molecule has 0 aliphatic rings. The molecule has 0 aliphatic carbocycles. The van der Waals surface area contributed by atoms with Gasteiger partial charge >= 0.3 is 0 Å². The molecule has 14 heavy (non-hydrogen) atoms. The van der Waals surface area contributed by atoms with Crippen LogP contribution >= 0.6 is 34.2 Å². The molecule has 1 N–H and O–H groups in total. The lowest BCUT2D eigenvalue weighted by Crippen LogP contribution is -2.25. The first kappa shape index (κ1) is 11.8. The van der Waals surface area contributed by atoms with Crippen LogP contribution in [0.2, 0.25) is 5.02 Å². The van der Waals surface area contributed by atoms with Crippen molar-refractivity contribution >= 4 is 40.1 Å². The fourth-order valence-corrected chi connectivity index (χ4v) is 1.63. The number of hydrogen-bond donors (Lipinski definition) is 1. The number of aryl methyl sites for hydroxylation is 1. The number of nitrogens with one attached hydrogen (secondary N) is 1. The van der Waals surface area contributed by atoms with Crippen molar-refractivity contribution in [3.05, 3.63) is 34.3 Å². The van der Waals surface area contributed by atoms with Gasteiger partial charge in [0, 0.05) is 21.6 Å². The molecule has 0 unspecified atom stereocenters. The van der Waals surface area contributed by atoms with E-state index in [0.29, 0.717) is 17.1 Å². The number of hydrogen-bond acceptors (Lipinski definition) is 1. The van der Waals surface area contributed by atoms with Crippen molar-refractivity contribution in [2.45, 2.75) is 6.92 Å². The van der Waals surface area contributed by atoms with Gasteiger partial charge < -0.3 is 5.32 Å². The molecule has 1 rings (SSSR count). The van der Waals surface area contributed by atoms with E-state index < -0.39 is 0 Å². The van der Waals surface area contributed by atoms with Gasteiger partial charge in [-0.2, -0.15) is 0 Å². The van der Waals surface area contributed by atoms with E-state index in [4.69, 9.17) is 11.6 Å². The van der Waals surface area contributed by atoms with Crippen LogP contribution in [0.3, 0.4) is 0 Å². The highest BCUT2D eigenvalue weighted by molar-refractivity contribution is 14.1. The molecule has 1 aromatic rings. The normalized spacial score (nSPS) is 9.93. The molecule has 2 nitrogen and oxygen atoms in total. The number of rotatable bonds is 3. The molecule has 0 atom stereocenters. The summed E-state index contributed by atoms with van der Waals surface area (Å²) >= 11 is 8.01. The number of carbonyl (C=O) groups is 1. The molecule has 0 radical (unpaired) electrons. The SMILES string of the molecule is Cc1cc(Cl)ccc1C(=O)NCCI. The molecule has 0 saturated carbocycles. The van der Waals surface area contributed by atoms with Gasteiger partial charge in [0.2, 0.25) is 0 Å². The van der Waals surface area contributed by atoms with Gasteiger partial charge in [0.25, 0.3) is 5.91 Å². The van der Waals surface area contributed by atoms with Crippen LogP contribution in [0.4, 0.5) is 0 Å². The van der Waals surface area contributed by atoms with E-state index in [2.05, 4.69) is 27.9 Å². The molecule has 1 amide bonds. The first-order valence-electron chi connectivity index (χ1n) is 4.25. The Bertz CT molecular complexity index is 341. The predicted octanol–water partition coefficient (Wildman–Crippen LogP) is 2.81. The quantitative estimate of drug-likeness (QED) is 0.672. The van der Waals surface area contributed by atoms with E-state index in [9.17, 15) is 4.79 Å². The highest BCUT2D eigenvalue weighted by Gasteiger charge is 2.07. The first-order chi connectivity index (χ1) is 6.65. The van der Waals surface area contributed by atoms with Crippen LogP contribution in [0, 0.1) is 6.92 Å². The Balaban J connectivity index is 2.80. The van der Waals surface area contributed by atoms with Crippen LogP contribution in [0.25, 0.3) is 0 Å². The zero-order valence-corrected chi connectivity index (χ0v) is 10.7. The zero-order chi connectivity index (χ0) is 10.6. The monoisotopic (exact) mass is 323 g/mol. The summed E-state index contributed by atoms with van der Waals surface area (Å²) in [6, 6.07) is 5.27. The fourth-order valence-electron chi connectivity index (χ4n) is 1.14. The molecular weight excluding hydrogens is 312 g/mol. The standard InChI is InChI=1S/C10H11ClINO/c1-7-6-8(11)2-3-9(7)10(14)13-5-4-12/h2-3,6H,4-5H2,1H3,(H,13,14). The summed E-state index contributed by atoms with van der Waals surface area (Å²) in [5.74, 6) is -0.0316. The highest BCUT2D eigenvalue weighted by atomic mass is 127. The van der Waals surface area contributed by atoms with Gasteiger partial charge in [-0.25, -0.2) is 0 Å². The predicted molar refractivity (Wildman–Crippen MR) is 67.4 cm³/mol. The van der Waals surface area contributed by atoms with Crippen molar-refractivity contribution in [2.24, 2.45) is 0 Å². The number of alkyl halides is 1. The van der Waals surface area contributed by atoms with Crippen molar-refractivity contribution in [3.63, 3.8) is 0 Å². The molecule has 0 bridgehead atoms. The Morgan fingerprint density at radius 3 is 2.86 bits per heavy atom. The second-order valence-electron chi connectivity index (χ2n) is 2.90. The van der Waals surface area contributed by atoms with E-state index in [1.807, 2.05) is 6.92 Å². The molecule has 1 aromatic carbocycles. The van der Waals surface area contributed by atoms with Crippen LogP contribution in [-0.4, -0.2) is 16.9 Å². The van der Waals surface area contributed by atoms with Crippen molar-refractivity contribution in [2.75, 3.05) is 11.0 Å². The Kier molecular flexibility index (Phi) is 4.68. The van der Waals surface area contributed by atoms with Gasteiger partial charge in [-0.15, -0.1) is 0 Å². The third-order valence-electron chi connectivity index (χ3n) is 1.81. The molecule has 0 fully saturated rings.